The van der Waals surface area contributed by atoms with Crippen LogP contribution in [0.2, 0.25) is 0 Å². The summed E-state index contributed by atoms with van der Waals surface area (Å²) in [5.74, 6) is -2.43. The van der Waals surface area contributed by atoms with Gasteiger partial charge in [-0.2, -0.15) is 0 Å². The van der Waals surface area contributed by atoms with E-state index in [1.165, 1.54) is 30.2 Å². The second kappa shape index (κ2) is 7.99. The van der Waals surface area contributed by atoms with Gasteiger partial charge in [0.2, 0.25) is 5.91 Å². The van der Waals surface area contributed by atoms with Crippen molar-refractivity contribution in [2.24, 2.45) is 5.92 Å². The highest BCUT2D eigenvalue weighted by Gasteiger charge is 2.37. The molecule has 7 heteroatoms. The van der Waals surface area contributed by atoms with Crippen LogP contribution in [-0.2, 0) is 25.7 Å². The highest BCUT2D eigenvalue weighted by Crippen LogP contribution is 2.28. The third-order valence-corrected chi connectivity index (χ3v) is 4.36. The predicted octanol–water partition coefficient (Wildman–Crippen LogP) is 2.71. The number of carbonyl (C=O) groups is 3. The molecular formula is C20H18FNO5. The summed E-state index contributed by atoms with van der Waals surface area (Å²) < 4.78 is 23.8. The van der Waals surface area contributed by atoms with Gasteiger partial charge in [-0.3, -0.25) is 9.59 Å². The minimum Gasteiger partial charge on any atom is -0.465 e. The number of hydrogen-bond donors (Lipinski definition) is 0. The van der Waals surface area contributed by atoms with Gasteiger partial charge in [-0.05, 0) is 29.8 Å². The lowest BCUT2D eigenvalue weighted by molar-refractivity contribution is -0.149. The van der Waals surface area contributed by atoms with E-state index in [2.05, 4.69) is 4.74 Å². The predicted molar refractivity (Wildman–Crippen MR) is 94.4 cm³/mol. The van der Waals surface area contributed by atoms with Crippen LogP contribution in [0, 0.1) is 11.7 Å². The number of anilines is 1. The van der Waals surface area contributed by atoms with Crippen molar-refractivity contribution in [3.8, 4) is 0 Å². The van der Waals surface area contributed by atoms with Gasteiger partial charge in [-0.15, -0.1) is 0 Å². The van der Waals surface area contributed by atoms with Crippen LogP contribution in [0.25, 0.3) is 0 Å². The summed E-state index contributed by atoms with van der Waals surface area (Å²) in [6, 6.07) is 12.4. The Balaban J connectivity index is 1.58. The van der Waals surface area contributed by atoms with Crippen molar-refractivity contribution < 1.29 is 28.2 Å². The molecule has 0 aliphatic carbocycles. The average Bonchev–Trinajstić information content (AvgIpc) is 3.08. The Hall–Kier alpha value is -3.22. The molecule has 140 valence electrons. The smallest absolute Gasteiger partial charge is 0.337 e. The third kappa shape index (κ3) is 4.13. The number of benzene rings is 2. The summed E-state index contributed by atoms with van der Waals surface area (Å²) in [5, 5.41) is 0. The summed E-state index contributed by atoms with van der Waals surface area (Å²) >= 11 is 0. The quantitative estimate of drug-likeness (QED) is 0.756. The molecule has 0 N–H and O–H groups in total. The van der Waals surface area contributed by atoms with Crippen LogP contribution < -0.4 is 4.90 Å². The first kappa shape index (κ1) is 18.6. The third-order valence-electron chi connectivity index (χ3n) is 4.36. The molecule has 1 aliphatic rings. The molecule has 1 amide bonds. The standard InChI is InChI=1S/C20H18FNO5/c1-26-19(24)14-8-6-13(7-9-14)12-27-20(25)15-10-18(23)22(11-15)17-5-3-2-4-16(17)21/h2-9,15H,10-12H2,1H3/t15-/m0/s1. The lowest BCUT2D eigenvalue weighted by atomic mass is 10.1. The zero-order valence-corrected chi connectivity index (χ0v) is 14.7. The molecule has 0 radical (unpaired) electrons. The van der Waals surface area contributed by atoms with Gasteiger partial charge >= 0.3 is 11.9 Å². The first-order valence-corrected chi connectivity index (χ1v) is 8.38. The lowest BCUT2D eigenvalue weighted by Gasteiger charge is -2.17. The highest BCUT2D eigenvalue weighted by molar-refractivity contribution is 5.99. The molecule has 6 nitrogen and oxygen atoms in total. The Labute approximate surface area is 155 Å². The first-order valence-electron chi connectivity index (χ1n) is 8.38. The maximum atomic E-state index is 13.9. The number of para-hydroxylation sites is 1. The number of amides is 1. The van der Waals surface area contributed by atoms with Crippen molar-refractivity contribution in [2.75, 3.05) is 18.6 Å². The van der Waals surface area contributed by atoms with E-state index in [0.29, 0.717) is 11.1 Å². The summed E-state index contributed by atoms with van der Waals surface area (Å²) in [6.07, 6.45) is -0.0194. The van der Waals surface area contributed by atoms with Crippen molar-refractivity contribution in [1.29, 1.82) is 0 Å². The van der Waals surface area contributed by atoms with Gasteiger partial charge in [0.1, 0.15) is 12.4 Å². The Kier molecular flexibility index (Phi) is 5.49. The average molecular weight is 371 g/mol. The van der Waals surface area contributed by atoms with E-state index in [9.17, 15) is 18.8 Å². The van der Waals surface area contributed by atoms with E-state index in [4.69, 9.17) is 4.74 Å². The Morgan fingerprint density at radius 2 is 1.85 bits per heavy atom. The number of ether oxygens (including phenoxy) is 2. The zero-order valence-electron chi connectivity index (χ0n) is 14.7. The Morgan fingerprint density at radius 1 is 1.15 bits per heavy atom. The van der Waals surface area contributed by atoms with Gasteiger partial charge in [-0.25, -0.2) is 9.18 Å². The minimum atomic E-state index is -0.647. The van der Waals surface area contributed by atoms with Crippen molar-refractivity contribution in [1.82, 2.24) is 0 Å². The fourth-order valence-corrected chi connectivity index (χ4v) is 2.90. The normalized spacial score (nSPS) is 16.3. The van der Waals surface area contributed by atoms with Crippen LogP contribution in [0.3, 0.4) is 0 Å². The van der Waals surface area contributed by atoms with Gasteiger partial charge in [0, 0.05) is 13.0 Å². The van der Waals surface area contributed by atoms with E-state index in [1.807, 2.05) is 0 Å². The molecule has 3 rings (SSSR count). The summed E-state index contributed by atoms with van der Waals surface area (Å²) in [7, 11) is 1.30. The van der Waals surface area contributed by atoms with E-state index >= 15 is 0 Å². The molecule has 0 spiro atoms. The Bertz CT molecular complexity index is 865. The topological polar surface area (TPSA) is 72.9 Å². The molecule has 2 aromatic rings. The van der Waals surface area contributed by atoms with Gasteiger partial charge in [0.05, 0.1) is 24.3 Å². The molecular weight excluding hydrogens is 353 g/mol. The maximum absolute atomic E-state index is 13.9. The van der Waals surface area contributed by atoms with E-state index in [-0.39, 0.29) is 31.2 Å². The fourth-order valence-electron chi connectivity index (χ4n) is 2.90. The first-order chi connectivity index (χ1) is 13.0. The molecule has 27 heavy (non-hydrogen) atoms. The summed E-state index contributed by atoms with van der Waals surface area (Å²) in [6.45, 7) is 0.102. The van der Waals surface area contributed by atoms with Crippen LogP contribution in [0.5, 0.6) is 0 Å². The molecule has 2 aromatic carbocycles. The summed E-state index contributed by atoms with van der Waals surface area (Å²) in [5.41, 5.74) is 1.26. The number of carbonyl (C=O) groups excluding carboxylic acids is 3. The monoisotopic (exact) mass is 371 g/mol. The lowest BCUT2D eigenvalue weighted by Crippen LogP contribution is -2.27. The molecule has 1 atom stereocenters. The molecule has 0 aromatic heterocycles. The van der Waals surface area contributed by atoms with Crippen LogP contribution in [0.15, 0.2) is 48.5 Å². The number of rotatable bonds is 5. The van der Waals surface area contributed by atoms with E-state index in [0.717, 1.165) is 0 Å². The van der Waals surface area contributed by atoms with E-state index < -0.39 is 23.7 Å². The number of halogens is 1. The molecule has 1 fully saturated rings. The van der Waals surface area contributed by atoms with Gasteiger partial charge in [0.25, 0.3) is 0 Å². The van der Waals surface area contributed by atoms with E-state index in [1.54, 1.807) is 30.3 Å². The molecule has 1 saturated heterocycles. The van der Waals surface area contributed by atoms with Crippen LogP contribution in [0.4, 0.5) is 10.1 Å². The van der Waals surface area contributed by atoms with Crippen LogP contribution >= 0.6 is 0 Å². The zero-order chi connectivity index (χ0) is 19.4. The van der Waals surface area contributed by atoms with Gasteiger partial charge < -0.3 is 14.4 Å². The van der Waals surface area contributed by atoms with Crippen LogP contribution in [0.1, 0.15) is 22.3 Å². The van der Waals surface area contributed by atoms with Crippen LogP contribution in [-0.4, -0.2) is 31.5 Å². The van der Waals surface area contributed by atoms with Crippen molar-refractivity contribution in [3.05, 3.63) is 65.5 Å². The van der Waals surface area contributed by atoms with Gasteiger partial charge in [0.15, 0.2) is 0 Å². The SMILES string of the molecule is COC(=O)c1ccc(COC(=O)[C@H]2CC(=O)N(c3ccccc3F)C2)cc1. The molecule has 0 unspecified atom stereocenters. The maximum Gasteiger partial charge on any atom is 0.337 e. The highest BCUT2D eigenvalue weighted by atomic mass is 19.1. The van der Waals surface area contributed by atoms with Crippen molar-refractivity contribution >= 4 is 23.5 Å². The molecule has 0 saturated carbocycles. The largest absolute Gasteiger partial charge is 0.465 e. The van der Waals surface area contributed by atoms with Crippen molar-refractivity contribution in [2.45, 2.75) is 13.0 Å². The number of nitrogens with zero attached hydrogens (tertiary/aromatic N) is 1. The number of hydrogen-bond acceptors (Lipinski definition) is 5. The summed E-state index contributed by atoms with van der Waals surface area (Å²) in [4.78, 5) is 37.1. The molecule has 1 aliphatic heterocycles. The number of esters is 2. The minimum absolute atomic E-state index is 0.0185. The molecule has 1 heterocycles. The second-order valence-corrected chi connectivity index (χ2v) is 6.15. The van der Waals surface area contributed by atoms with Gasteiger partial charge in [-0.1, -0.05) is 24.3 Å². The Morgan fingerprint density at radius 3 is 2.52 bits per heavy atom. The van der Waals surface area contributed by atoms with Crippen molar-refractivity contribution in [3.63, 3.8) is 0 Å². The number of methoxy groups -OCH3 is 1. The second-order valence-electron chi connectivity index (χ2n) is 6.15. The fraction of sp³-hybridized carbons (Fsp3) is 0.250. The molecule has 0 bridgehead atoms.